The molecular formula is C16H18ClN3O. The second kappa shape index (κ2) is 6.99. The van der Waals surface area contributed by atoms with E-state index in [0.717, 1.165) is 16.8 Å². The second-order valence-corrected chi connectivity index (χ2v) is 5.24. The predicted octanol–water partition coefficient (Wildman–Crippen LogP) is 3.94. The van der Waals surface area contributed by atoms with Crippen LogP contribution in [0, 0.1) is 6.92 Å². The number of oxime groups is 1. The van der Waals surface area contributed by atoms with Crippen LogP contribution in [0.25, 0.3) is 0 Å². The number of aryl methyl sites for hydroxylation is 1. The van der Waals surface area contributed by atoms with Gasteiger partial charge >= 0.3 is 0 Å². The third-order valence-corrected chi connectivity index (χ3v) is 3.60. The van der Waals surface area contributed by atoms with E-state index in [2.05, 4.69) is 10.5 Å². The Morgan fingerprint density at radius 3 is 2.57 bits per heavy atom. The van der Waals surface area contributed by atoms with Crippen molar-refractivity contribution in [2.24, 2.45) is 10.9 Å². The molecule has 0 amide bonds. The maximum Gasteiger partial charge on any atom is 0.141 e. The van der Waals surface area contributed by atoms with Crippen LogP contribution in [0.4, 0.5) is 5.69 Å². The molecule has 5 heteroatoms. The summed E-state index contributed by atoms with van der Waals surface area (Å²) in [7, 11) is 0. The Labute approximate surface area is 129 Å². The summed E-state index contributed by atoms with van der Waals surface area (Å²) < 4.78 is 0. The SMILES string of the molecule is Cc1cccc(Cl)c1NC(CC(N)=NO)c1ccccc1. The van der Waals surface area contributed by atoms with Crippen LogP contribution in [0.1, 0.15) is 23.6 Å². The van der Waals surface area contributed by atoms with Crippen LogP contribution in [-0.4, -0.2) is 11.0 Å². The molecule has 0 aromatic heterocycles. The molecule has 21 heavy (non-hydrogen) atoms. The van der Waals surface area contributed by atoms with E-state index in [1.54, 1.807) is 0 Å². The number of nitrogens with one attached hydrogen (secondary N) is 1. The zero-order valence-electron chi connectivity index (χ0n) is 11.8. The van der Waals surface area contributed by atoms with Gasteiger partial charge in [0.15, 0.2) is 0 Å². The van der Waals surface area contributed by atoms with Crippen molar-refractivity contribution in [2.45, 2.75) is 19.4 Å². The topological polar surface area (TPSA) is 70.6 Å². The molecule has 0 saturated carbocycles. The highest BCUT2D eigenvalue weighted by Gasteiger charge is 2.16. The molecule has 0 aliphatic rings. The van der Waals surface area contributed by atoms with Crippen molar-refractivity contribution in [3.05, 3.63) is 64.7 Å². The van der Waals surface area contributed by atoms with Gasteiger partial charge in [-0.15, -0.1) is 0 Å². The van der Waals surface area contributed by atoms with Crippen molar-refractivity contribution < 1.29 is 5.21 Å². The summed E-state index contributed by atoms with van der Waals surface area (Å²) in [5.41, 5.74) is 8.62. The largest absolute Gasteiger partial charge is 0.409 e. The van der Waals surface area contributed by atoms with Crippen molar-refractivity contribution in [3.8, 4) is 0 Å². The Morgan fingerprint density at radius 2 is 1.95 bits per heavy atom. The van der Waals surface area contributed by atoms with E-state index in [0.29, 0.717) is 11.4 Å². The Hall–Kier alpha value is -2.20. The lowest BCUT2D eigenvalue weighted by molar-refractivity contribution is 0.316. The van der Waals surface area contributed by atoms with Crippen LogP contribution in [0.15, 0.2) is 53.7 Å². The fourth-order valence-electron chi connectivity index (χ4n) is 2.18. The second-order valence-electron chi connectivity index (χ2n) is 4.83. The Bertz CT molecular complexity index is 608. The summed E-state index contributed by atoms with van der Waals surface area (Å²) in [5.74, 6) is 0.168. The zero-order chi connectivity index (χ0) is 15.2. The summed E-state index contributed by atoms with van der Waals surface area (Å²) in [6.07, 6.45) is 0.380. The Morgan fingerprint density at radius 1 is 1.24 bits per heavy atom. The van der Waals surface area contributed by atoms with Crippen molar-refractivity contribution in [1.82, 2.24) is 0 Å². The van der Waals surface area contributed by atoms with Gasteiger partial charge in [0.1, 0.15) is 5.84 Å². The number of benzene rings is 2. The van der Waals surface area contributed by atoms with E-state index < -0.39 is 0 Å². The molecule has 0 fully saturated rings. The normalized spacial score (nSPS) is 13.0. The van der Waals surface area contributed by atoms with E-state index in [-0.39, 0.29) is 11.9 Å². The summed E-state index contributed by atoms with van der Waals surface area (Å²) in [6, 6.07) is 15.5. The predicted molar refractivity (Wildman–Crippen MR) is 87.0 cm³/mol. The molecule has 2 aromatic rings. The lowest BCUT2D eigenvalue weighted by atomic mass is 10.0. The number of nitrogens with zero attached hydrogens (tertiary/aromatic N) is 1. The van der Waals surface area contributed by atoms with Crippen molar-refractivity contribution in [3.63, 3.8) is 0 Å². The van der Waals surface area contributed by atoms with Crippen LogP contribution < -0.4 is 11.1 Å². The third-order valence-electron chi connectivity index (χ3n) is 3.28. The number of anilines is 1. The summed E-state index contributed by atoms with van der Waals surface area (Å²) in [6.45, 7) is 1.99. The number of hydrogen-bond donors (Lipinski definition) is 3. The van der Waals surface area contributed by atoms with Gasteiger partial charge in [-0.05, 0) is 24.1 Å². The third kappa shape index (κ3) is 3.89. The van der Waals surface area contributed by atoms with E-state index in [9.17, 15) is 0 Å². The molecule has 1 atom stereocenters. The van der Waals surface area contributed by atoms with Crippen LogP contribution in [0.5, 0.6) is 0 Å². The molecule has 1 unspecified atom stereocenters. The minimum absolute atomic E-state index is 0.124. The van der Waals surface area contributed by atoms with Crippen LogP contribution >= 0.6 is 11.6 Å². The number of para-hydroxylation sites is 1. The van der Waals surface area contributed by atoms with Gasteiger partial charge in [-0.25, -0.2) is 0 Å². The maximum absolute atomic E-state index is 8.81. The smallest absolute Gasteiger partial charge is 0.141 e. The molecular weight excluding hydrogens is 286 g/mol. The molecule has 110 valence electrons. The molecule has 0 bridgehead atoms. The summed E-state index contributed by atoms with van der Waals surface area (Å²) in [4.78, 5) is 0. The number of hydrogen-bond acceptors (Lipinski definition) is 3. The maximum atomic E-state index is 8.81. The van der Waals surface area contributed by atoms with E-state index >= 15 is 0 Å². The zero-order valence-corrected chi connectivity index (χ0v) is 12.5. The molecule has 0 radical (unpaired) electrons. The molecule has 0 saturated heterocycles. The first-order valence-corrected chi connectivity index (χ1v) is 7.02. The fourth-order valence-corrected chi connectivity index (χ4v) is 2.45. The summed E-state index contributed by atoms with van der Waals surface area (Å²) in [5, 5.41) is 15.9. The molecule has 0 aliphatic carbocycles. The van der Waals surface area contributed by atoms with Gasteiger partial charge in [-0.3, -0.25) is 0 Å². The first-order valence-electron chi connectivity index (χ1n) is 6.65. The molecule has 0 spiro atoms. The highest BCUT2D eigenvalue weighted by molar-refractivity contribution is 6.33. The standard InChI is InChI=1S/C16H18ClN3O/c1-11-6-5-9-13(17)16(11)19-14(10-15(18)20-21)12-7-3-2-4-8-12/h2-9,14,19,21H,10H2,1H3,(H2,18,20). The van der Waals surface area contributed by atoms with Crippen LogP contribution in [0.3, 0.4) is 0 Å². The van der Waals surface area contributed by atoms with Gasteiger partial charge in [0.2, 0.25) is 0 Å². The Kier molecular flexibility index (Phi) is 5.06. The van der Waals surface area contributed by atoms with Crippen molar-refractivity contribution in [1.29, 1.82) is 0 Å². The van der Waals surface area contributed by atoms with Gasteiger partial charge in [0.05, 0.1) is 16.8 Å². The first-order chi connectivity index (χ1) is 10.1. The van der Waals surface area contributed by atoms with Crippen LogP contribution in [0.2, 0.25) is 5.02 Å². The van der Waals surface area contributed by atoms with Gasteiger partial charge in [0, 0.05) is 6.42 Å². The molecule has 4 N–H and O–H groups in total. The molecule has 0 aliphatic heterocycles. The molecule has 4 nitrogen and oxygen atoms in total. The highest BCUT2D eigenvalue weighted by Crippen LogP contribution is 2.30. The van der Waals surface area contributed by atoms with Gasteiger partial charge in [0.25, 0.3) is 0 Å². The average molecular weight is 304 g/mol. The molecule has 0 heterocycles. The minimum Gasteiger partial charge on any atom is -0.409 e. The number of rotatable bonds is 5. The van der Waals surface area contributed by atoms with Crippen molar-refractivity contribution in [2.75, 3.05) is 5.32 Å². The summed E-state index contributed by atoms with van der Waals surface area (Å²) >= 11 is 6.26. The van der Waals surface area contributed by atoms with Gasteiger partial charge in [-0.1, -0.05) is 59.2 Å². The lowest BCUT2D eigenvalue weighted by Gasteiger charge is -2.22. The Balaban J connectivity index is 2.32. The van der Waals surface area contributed by atoms with E-state index in [1.807, 2.05) is 55.5 Å². The molecule has 2 rings (SSSR count). The lowest BCUT2D eigenvalue weighted by Crippen LogP contribution is -2.21. The minimum atomic E-state index is -0.124. The van der Waals surface area contributed by atoms with Gasteiger partial charge in [-0.2, -0.15) is 0 Å². The van der Waals surface area contributed by atoms with Gasteiger partial charge < -0.3 is 16.3 Å². The van der Waals surface area contributed by atoms with E-state index in [4.69, 9.17) is 22.5 Å². The number of nitrogens with two attached hydrogens (primary N) is 1. The average Bonchev–Trinajstić information content (AvgIpc) is 2.50. The quantitative estimate of drug-likeness (QED) is 0.339. The monoisotopic (exact) mass is 303 g/mol. The fraction of sp³-hybridized carbons (Fsp3) is 0.188. The van der Waals surface area contributed by atoms with Crippen LogP contribution in [-0.2, 0) is 0 Å². The highest BCUT2D eigenvalue weighted by atomic mass is 35.5. The number of amidine groups is 1. The number of halogens is 1. The van der Waals surface area contributed by atoms with E-state index in [1.165, 1.54) is 0 Å². The van der Waals surface area contributed by atoms with Crippen molar-refractivity contribution >= 4 is 23.1 Å². The first kappa shape index (κ1) is 15.2. The molecule has 2 aromatic carbocycles.